The number of anilines is 1. The Morgan fingerprint density at radius 1 is 1.16 bits per heavy atom. The molecule has 0 aliphatic carbocycles. The van der Waals surface area contributed by atoms with Crippen molar-refractivity contribution < 1.29 is 8.42 Å². The van der Waals surface area contributed by atoms with Crippen LogP contribution in [0.1, 0.15) is 5.56 Å². The first kappa shape index (κ1) is 13.8. The molecule has 4 nitrogen and oxygen atoms in total. The third kappa shape index (κ3) is 2.88. The van der Waals surface area contributed by atoms with E-state index >= 15 is 0 Å². The molecule has 0 aliphatic rings. The van der Waals surface area contributed by atoms with Crippen LogP contribution in [0.25, 0.3) is 0 Å². The van der Waals surface area contributed by atoms with E-state index in [0.717, 1.165) is 5.56 Å². The Kier molecular flexibility index (Phi) is 4.07. The third-order valence-corrected chi connectivity index (χ3v) is 4.71. The molecule has 0 saturated heterocycles. The first-order valence-electron chi connectivity index (χ1n) is 5.60. The molecule has 2 aromatic rings. The summed E-state index contributed by atoms with van der Waals surface area (Å²) in [6.07, 6.45) is 1.47. The normalized spacial score (nSPS) is 11.3. The van der Waals surface area contributed by atoms with Crippen LogP contribution in [0.3, 0.4) is 0 Å². The van der Waals surface area contributed by atoms with E-state index in [1.54, 1.807) is 30.3 Å². The molecule has 19 heavy (non-hydrogen) atoms. The van der Waals surface area contributed by atoms with Crippen LogP contribution in [0.2, 0.25) is 0 Å². The number of hydrogen-bond acceptors (Lipinski definition) is 3. The lowest BCUT2D eigenvalue weighted by Gasteiger charge is -2.18. The first-order chi connectivity index (χ1) is 9.05. The summed E-state index contributed by atoms with van der Waals surface area (Å²) in [5.41, 5.74) is 1.37. The Morgan fingerprint density at radius 3 is 2.37 bits per heavy atom. The monoisotopic (exact) mass is 296 g/mol. The number of aromatic nitrogens is 1. The minimum atomic E-state index is -3.64. The molecule has 0 saturated carbocycles. The molecule has 0 radical (unpaired) electrons. The standard InChI is InChI=1S/C13H13ClN2O2S/c1-16(12-5-3-2-4-6-12)19(17,18)13-8-7-11(9-14)10-15-13/h2-8,10H,9H2,1H3. The second-order valence-electron chi connectivity index (χ2n) is 3.95. The molecule has 2 rings (SSSR count). The number of halogens is 1. The summed E-state index contributed by atoms with van der Waals surface area (Å²) < 4.78 is 25.9. The van der Waals surface area contributed by atoms with Gasteiger partial charge < -0.3 is 0 Å². The predicted octanol–water partition coefficient (Wildman–Crippen LogP) is 2.65. The Balaban J connectivity index is 2.36. The highest BCUT2D eigenvalue weighted by atomic mass is 35.5. The molecule has 0 atom stereocenters. The highest BCUT2D eigenvalue weighted by Crippen LogP contribution is 2.20. The lowest BCUT2D eigenvalue weighted by atomic mass is 10.3. The molecular weight excluding hydrogens is 284 g/mol. The van der Waals surface area contributed by atoms with Gasteiger partial charge in [-0.1, -0.05) is 24.3 Å². The van der Waals surface area contributed by atoms with E-state index < -0.39 is 10.0 Å². The van der Waals surface area contributed by atoms with Gasteiger partial charge in [-0.15, -0.1) is 11.6 Å². The van der Waals surface area contributed by atoms with Crippen LogP contribution in [0.5, 0.6) is 0 Å². The molecule has 0 unspecified atom stereocenters. The van der Waals surface area contributed by atoms with Crippen molar-refractivity contribution in [2.45, 2.75) is 10.9 Å². The minimum Gasteiger partial charge on any atom is -0.268 e. The highest BCUT2D eigenvalue weighted by Gasteiger charge is 2.22. The van der Waals surface area contributed by atoms with Gasteiger partial charge in [-0.3, -0.25) is 4.31 Å². The molecule has 0 amide bonds. The van der Waals surface area contributed by atoms with Crippen LogP contribution >= 0.6 is 11.6 Å². The van der Waals surface area contributed by atoms with Crippen LogP contribution in [-0.4, -0.2) is 20.4 Å². The minimum absolute atomic E-state index is 0.00715. The average molecular weight is 297 g/mol. The summed E-state index contributed by atoms with van der Waals surface area (Å²) in [5.74, 6) is 0.307. The van der Waals surface area contributed by atoms with Gasteiger partial charge in [0.1, 0.15) is 0 Å². The predicted molar refractivity (Wildman–Crippen MR) is 75.8 cm³/mol. The number of rotatable bonds is 4. The van der Waals surface area contributed by atoms with Gasteiger partial charge in [-0.2, -0.15) is 8.42 Å². The topological polar surface area (TPSA) is 50.3 Å². The lowest BCUT2D eigenvalue weighted by molar-refractivity contribution is 0.590. The number of para-hydroxylation sites is 1. The summed E-state index contributed by atoms with van der Waals surface area (Å²) >= 11 is 5.65. The van der Waals surface area contributed by atoms with E-state index in [9.17, 15) is 8.42 Å². The zero-order chi connectivity index (χ0) is 13.9. The maximum atomic E-state index is 12.4. The Bertz CT molecular complexity index is 642. The smallest absolute Gasteiger partial charge is 0.268 e. The molecule has 0 spiro atoms. The van der Waals surface area contributed by atoms with Crippen molar-refractivity contribution in [2.24, 2.45) is 0 Å². The Morgan fingerprint density at radius 2 is 1.84 bits per heavy atom. The van der Waals surface area contributed by atoms with Crippen molar-refractivity contribution in [1.29, 1.82) is 0 Å². The van der Waals surface area contributed by atoms with Crippen molar-refractivity contribution in [3.63, 3.8) is 0 Å². The molecular formula is C13H13ClN2O2S. The zero-order valence-electron chi connectivity index (χ0n) is 10.3. The van der Waals surface area contributed by atoms with E-state index in [4.69, 9.17) is 11.6 Å². The van der Waals surface area contributed by atoms with Crippen molar-refractivity contribution in [3.05, 3.63) is 54.2 Å². The van der Waals surface area contributed by atoms with Crippen molar-refractivity contribution >= 4 is 27.3 Å². The summed E-state index contributed by atoms with van der Waals surface area (Å²) in [6.45, 7) is 0. The second kappa shape index (κ2) is 5.59. The van der Waals surface area contributed by atoms with Crippen LogP contribution in [0, 0.1) is 0 Å². The number of sulfonamides is 1. The maximum Gasteiger partial charge on any atom is 0.281 e. The summed E-state index contributed by atoms with van der Waals surface area (Å²) in [4.78, 5) is 3.95. The summed E-state index contributed by atoms with van der Waals surface area (Å²) in [5, 5.41) is 0.00715. The van der Waals surface area contributed by atoms with Gasteiger partial charge in [0.05, 0.1) is 5.69 Å². The molecule has 0 bridgehead atoms. The van der Waals surface area contributed by atoms with Crippen molar-refractivity contribution in [2.75, 3.05) is 11.4 Å². The zero-order valence-corrected chi connectivity index (χ0v) is 11.9. The molecule has 100 valence electrons. The van der Waals surface area contributed by atoms with Crippen molar-refractivity contribution in [3.8, 4) is 0 Å². The van der Waals surface area contributed by atoms with Gasteiger partial charge in [0.15, 0.2) is 5.03 Å². The fraction of sp³-hybridized carbons (Fsp3) is 0.154. The largest absolute Gasteiger partial charge is 0.281 e. The Hall–Kier alpha value is -1.59. The molecule has 6 heteroatoms. The number of alkyl halides is 1. The molecule has 0 aliphatic heterocycles. The lowest BCUT2D eigenvalue weighted by Crippen LogP contribution is -2.27. The van der Waals surface area contributed by atoms with Gasteiger partial charge in [0, 0.05) is 19.1 Å². The van der Waals surface area contributed by atoms with E-state index in [2.05, 4.69) is 4.98 Å². The number of benzene rings is 1. The number of hydrogen-bond donors (Lipinski definition) is 0. The van der Waals surface area contributed by atoms with E-state index in [1.807, 2.05) is 6.07 Å². The molecule has 1 heterocycles. The fourth-order valence-electron chi connectivity index (χ4n) is 1.56. The van der Waals surface area contributed by atoms with Gasteiger partial charge in [0.25, 0.3) is 10.0 Å². The first-order valence-corrected chi connectivity index (χ1v) is 7.58. The average Bonchev–Trinajstić information content (AvgIpc) is 2.47. The van der Waals surface area contributed by atoms with Gasteiger partial charge >= 0.3 is 0 Å². The molecule has 0 N–H and O–H groups in total. The second-order valence-corrected chi connectivity index (χ2v) is 6.13. The molecule has 1 aromatic carbocycles. The van der Waals surface area contributed by atoms with Crippen molar-refractivity contribution in [1.82, 2.24) is 4.98 Å². The summed E-state index contributed by atoms with van der Waals surface area (Å²) in [7, 11) is -2.14. The third-order valence-electron chi connectivity index (χ3n) is 2.70. The van der Waals surface area contributed by atoms with Crippen LogP contribution in [0.4, 0.5) is 5.69 Å². The number of pyridine rings is 1. The van der Waals surface area contributed by atoms with E-state index in [1.165, 1.54) is 23.6 Å². The highest BCUT2D eigenvalue weighted by molar-refractivity contribution is 7.92. The quantitative estimate of drug-likeness (QED) is 0.815. The van der Waals surface area contributed by atoms with Crippen LogP contribution in [-0.2, 0) is 15.9 Å². The van der Waals surface area contributed by atoms with Gasteiger partial charge in [0.2, 0.25) is 0 Å². The van der Waals surface area contributed by atoms with E-state index in [-0.39, 0.29) is 5.03 Å². The van der Waals surface area contributed by atoms with Crippen LogP contribution < -0.4 is 4.31 Å². The Labute approximate surface area is 117 Å². The SMILES string of the molecule is CN(c1ccccc1)S(=O)(=O)c1ccc(CCl)cn1. The molecule has 1 aromatic heterocycles. The van der Waals surface area contributed by atoms with Gasteiger partial charge in [-0.05, 0) is 23.8 Å². The summed E-state index contributed by atoms with van der Waals surface area (Å²) in [6, 6.07) is 12.0. The fourth-order valence-corrected chi connectivity index (χ4v) is 2.82. The molecule has 0 fully saturated rings. The number of nitrogens with zero attached hydrogens (tertiary/aromatic N) is 2. The maximum absolute atomic E-state index is 12.4. The van der Waals surface area contributed by atoms with Gasteiger partial charge in [-0.25, -0.2) is 4.98 Å². The van der Waals surface area contributed by atoms with Crippen LogP contribution in [0.15, 0.2) is 53.7 Å². The van der Waals surface area contributed by atoms with E-state index in [0.29, 0.717) is 11.6 Å².